The number of ether oxygens (including phenoxy) is 1. The van der Waals surface area contributed by atoms with Crippen LogP contribution in [0, 0.1) is 6.92 Å². The van der Waals surface area contributed by atoms with Crippen LogP contribution in [-0.2, 0) is 4.79 Å². The molecule has 0 aliphatic carbocycles. The molecule has 1 aromatic rings. The van der Waals surface area contributed by atoms with E-state index >= 15 is 0 Å². The van der Waals surface area contributed by atoms with Crippen LogP contribution in [0.25, 0.3) is 0 Å². The van der Waals surface area contributed by atoms with Crippen molar-refractivity contribution in [3.8, 4) is 5.75 Å². The second kappa shape index (κ2) is 7.36. The van der Waals surface area contributed by atoms with E-state index in [0.717, 1.165) is 30.8 Å². The smallest absolute Gasteiger partial charge is 0.261 e. The summed E-state index contributed by atoms with van der Waals surface area (Å²) in [6.07, 6.45) is 0.524. The summed E-state index contributed by atoms with van der Waals surface area (Å²) >= 11 is 0. The maximum absolute atomic E-state index is 11.9. The molecule has 4 nitrogen and oxygen atoms in total. The lowest BCUT2D eigenvalue weighted by molar-refractivity contribution is -0.127. The average molecular weight is 285 g/mol. The maximum Gasteiger partial charge on any atom is 0.261 e. The highest BCUT2D eigenvalue weighted by atomic mass is 35.5. The maximum atomic E-state index is 11.9. The molecule has 0 radical (unpaired) electrons. The fourth-order valence-electron chi connectivity index (χ4n) is 2.04. The van der Waals surface area contributed by atoms with E-state index in [1.54, 1.807) is 6.92 Å². The average Bonchev–Trinajstić information content (AvgIpc) is 2.81. The van der Waals surface area contributed by atoms with Gasteiger partial charge in [-0.15, -0.1) is 12.4 Å². The molecule has 2 unspecified atom stereocenters. The highest BCUT2D eigenvalue weighted by Gasteiger charge is 2.21. The fourth-order valence-corrected chi connectivity index (χ4v) is 2.04. The van der Waals surface area contributed by atoms with Crippen molar-refractivity contribution in [2.75, 3.05) is 13.1 Å². The molecule has 0 aromatic heterocycles. The van der Waals surface area contributed by atoms with E-state index in [1.165, 1.54) is 0 Å². The Kier molecular flexibility index (Phi) is 6.12. The third-order valence-corrected chi connectivity index (χ3v) is 3.08. The van der Waals surface area contributed by atoms with Crippen molar-refractivity contribution < 1.29 is 9.53 Å². The van der Waals surface area contributed by atoms with E-state index in [1.807, 2.05) is 31.2 Å². The molecular formula is C14H21ClN2O2. The van der Waals surface area contributed by atoms with Gasteiger partial charge in [0, 0.05) is 12.6 Å². The molecule has 1 amide bonds. The number of nitrogens with one attached hydrogen (secondary N) is 2. The van der Waals surface area contributed by atoms with Gasteiger partial charge in [0.15, 0.2) is 6.10 Å². The zero-order valence-corrected chi connectivity index (χ0v) is 12.1. The summed E-state index contributed by atoms with van der Waals surface area (Å²) in [5.41, 5.74) is 1.13. The molecule has 2 N–H and O–H groups in total. The monoisotopic (exact) mass is 284 g/mol. The van der Waals surface area contributed by atoms with Gasteiger partial charge in [-0.05, 0) is 44.5 Å². The number of rotatable bonds is 4. The van der Waals surface area contributed by atoms with Gasteiger partial charge in [-0.2, -0.15) is 0 Å². The number of hydrogen-bond donors (Lipinski definition) is 2. The standard InChI is InChI=1S/C14H20N2O2.ClH/c1-10-4-3-5-13(8-10)18-11(2)14(17)16-12-6-7-15-9-12;/h3-5,8,11-12,15H,6-7,9H2,1-2H3,(H,16,17);1H. The van der Waals surface area contributed by atoms with Gasteiger partial charge in [0.05, 0.1) is 0 Å². The minimum Gasteiger partial charge on any atom is -0.481 e. The van der Waals surface area contributed by atoms with E-state index in [-0.39, 0.29) is 24.4 Å². The molecule has 0 saturated carbocycles. The second-order valence-electron chi connectivity index (χ2n) is 4.77. The van der Waals surface area contributed by atoms with Crippen molar-refractivity contribution in [1.82, 2.24) is 10.6 Å². The predicted octanol–water partition coefficient (Wildman–Crippen LogP) is 1.66. The van der Waals surface area contributed by atoms with E-state index in [0.29, 0.717) is 0 Å². The van der Waals surface area contributed by atoms with E-state index < -0.39 is 6.10 Å². The van der Waals surface area contributed by atoms with Crippen LogP contribution in [0.1, 0.15) is 18.9 Å². The first kappa shape index (κ1) is 15.8. The van der Waals surface area contributed by atoms with Crippen LogP contribution >= 0.6 is 12.4 Å². The van der Waals surface area contributed by atoms with Gasteiger partial charge in [0.2, 0.25) is 0 Å². The molecule has 106 valence electrons. The van der Waals surface area contributed by atoms with Gasteiger partial charge < -0.3 is 15.4 Å². The van der Waals surface area contributed by atoms with Gasteiger partial charge >= 0.3 is 0 Å². The van der Waals surface area contributed by atoms with Gasteiger partial charge in [0.25, 0.3) is 5.91 Å². The molecule has 2 rings (SSSR count). The lowest BCUT2D eigenvalue weighted by Crippen LogP contribution is -2.43. The van der Waals surface area contributed by atoms with Crippen molar-refractivity contribution in [2.45, 2.75) is 32.4 Å². The number of aryl methyl sites for hydroxylation is 1. The molecule has 1 aromatic carbocycles. The van der Waals surface area contributed by atoms with Crippen molar-refractivity contribution >= 4 is 18.3 Å². The first-order valence-electron chi connectivity index (χ1n) is 6.39. The molecular weight excluding hydrogens is 264 g/mol. The van der Waals surface area contributed by atoms with Crippen molar-refractivity contribution in [3.05, 3.63) is 29.8 Å². The van der Waals surface area contributed by atoms with Crippen molar-refractivity contribution in [2.24, 2.45) is 0 Å². The summed E-state index contributed by atoms with van der Waals surface area (Å²) in [5.74, 6) is 0.687. The summed E-state index contributed by atoms with van der Waals surface area (Å²) in [7, 11) is 0. The second-order valence-corrected chi connectivity index (χ2v) is 4.77. The lowest BCUT2D eigenvalue weighted by atomic mass is 10.2. The molecule has 0 spiro atoms. The fraction of sp³-hybridized carbons (Fsp3) is 0.500. The highest BCUT2D eigenvalue weighted by molar-refractivity contribution is 5.85. The van der Waals surface area contributed by atoms with E-state index in [9.17, 15) is 4.79 Å². The largest absolute Gasteiger partial charge is 0.481 e. The molecule has 0 bridgehead atoms. The number of amides is 1. The van der Waals surface area contributed by atoms with Crippen LogP contribution in [0.4, 0.5) is 0 Å². The first-order valence-corrected chi connectivity index (χ1v) is 6.39. The Labute approximate surface area is 120 Å². The Morgan fingerprint density at radius 3 is 2.95 bits per heavy atom. The molecule has 1 heterocycles. The van der Waals surface area contributed by atoms with Crippen LogP contribution in [0.3, 0.4) is 0 Å². The highest BCUT2D eigenvalue weighted by Crippen LogP contribution is 2.14. The SMILES string of the molecule is Cc1cccc(OC(C)C(=O)NC2CCNC2)c1.Cl. The number of hydrogen-bond acceptors (Lipinski definition) is 3. The number of benzene rings is 1. The van der Waals surface area contributed by atoms with Gasteiger partial charge in [-0.1, -0.05) is 12.1 Å². The van der Waals surface area contributed by atoms with Crippen LogP contribution in [0.15, 0.2) is 24.3 Å². The molecule has 1 fully saturated rings. The van der Waals surface area contributed by atoms with Crippen molar-refractivity contribution in [3.63, 3.8) is 0 Å². The summed E-state index contributed by atoms with van der Waals surface area (Å²) in [6.45, 7) is 5.60. The van der Waals surface area contributed by atoms with Crippen LogP contribution in [-0.4, -0.2) is 31.1 Å². The van der Waals surface area contributed by atoms with Crippen LogP contribution in [0.5, 0.6) is 5.75 Å². The van der Waals surface area contributed by atoms with Crippen molar-refractivity contribution in [1.29, 1.82) is 0 Å². The number of halogens is 1. The quantitative estimate of drug-likeness (QED) is 0.884. The minimum atomic E-state index is -0.465. The van der Waals surface area contributed by atoms with Gasteiger partial charge in [-0.25, -0.2) is 0 Å². The Bertz CT molecular complexity index is 420. The zero-order valence-electron chi connectivity index (χ0n) is 11.3. The summed E-state index contributed by atoms with van der Waals surface area (Å²) in [4.78, 5) is 11.9. The lowest BCUT2D eigenvalue weighted by Gasteiger charge is -2.17. The molecule has 1 aliphatic rings. The molecule has 19 heavy (non-hydrogen) atoms. The Balaban J connectivity index is 0.00000180. The Hall–Kier alpha value is -1.26. The Morgan fingerprint density at radius 2 is 2.32 bits per heavy atom. The third-order valence-electron chi connectivity index (χ3n) is 3.08. The summed E-state index contributed by atoms with van der Waals surface area (Å²) < 4.78 is 5.63. The molecule has 5 heteroatoms. The Morgan fingerprint density at radius 1 is 1.53 bits per heavy atom. The number of carbonyl (C=O) groups excluding carboxylic acids is 1. The van der Waals surface area contributed by atoms with E-state index in [2.05, 4.69) is 10.6 Å². The topological polar surface area (TPSA) is 50.4 Å². The number of carbonyl (C=O) groups is 1. The molecule has 1 saturated heterocycles. The third kappa shape index (κ3) is 4.73. The van der Waals surface area contributed by atoms with Gasteiger partial charge in [0.1, 0.15) is 5.75 Å². The zero-order chi connectivity index (χ0) is 13.0. The minimum absolute atomic E-state index is 0. The normalized spacial score (nSPS) is 19.4. The van der Waals surface area contributed by atoms with E-state index in [4.69, 9.17) is 4.74 Å². The molecule has 1 aliphatic heterocycles. The van der Waals surface area contributed by atoms with Gasteiger partial charge in [-0.3, -0.25) is 4.79 Å². The summed E-state index contributed by atoms with van der Waals surface area (Å²) in [6, 6.07) is 7.97. The first-order chi connectivity index (χ1) is 8.65. The van der Waals surface area contributed by atoms with Crippen LogP contribution in [0.2, 0.25) is 0 Å². The summed E-state index contributed by atoms with van der Waals surface area (Å²) in [5, 5.41) is 6.21. The predicted molar refractivity (Wildman–Crippen MR) is 77.9 cm³/mol. The van der Waals surface area contributed by atoms with Crippen LogP contribution < -0.4 is 15.4 Å². The molecule has 2 atom stereocenters.